The Morgan fingerprint density at radius 3 is 2.08 bits per heavy atom. The predicted octanol–water partition coefficient (Wildman–Crippen LogP) is 2.62. The largest absolute Gasteiger partial charge is 0.384 e. The molecule has 2 N–H and O–H groups in total. The number of nitrogens with zero attached hydrogens (tertiary/aromatic N) is 1. The van der Waals surface area contributed by atoms with Gasteiger partial charge in [0.2, 0.25) is 0 Å². The van der Waals surface area contributed by atoms with Crippen LogP contribution in [0, 0.1) is 20.8 Å². The summed E-state index contributed by atoms with van der Waals surface area (Å²) in [6.07, 6.45) is 0. The average molecular weight is 166 g/mol. The lowest BCUT2D eigenvalue weighted by Crippen LogP contribution is -1.96. The van der Waals surface area contributed by atoms with Gasteiger partial charge in [0.25, 0.3) is 0 Å². The van der Waals surface area contributed by atoms with Crippen LogP contribution in [-0.4, -0.2) is 4.98 Å². The van der Waals surface area contributed by atoms with Gasteiger partial charge in [-0.2, -0.15) is 0 Å². The Morgan fingerprint density at radius 1 is 1.17 bits per heavy atom. The zero-order chi connectivity index (χ0) is 9.72. The Morgan fingerprint density at radius 2 is 1.67 bits per heavy atom. The van der Waals surface area contributed by atoms with Gasteiger partial charge in [-0.25, -0.2) is 4.98 Å². The van der Waals surface area contributed by atoms with Gasteiger partial charge in [-0.3, -0.25) is 0 Å². The Kier molecular flexibility index (Phi) is 4.34. The molecule has 0 aliphatic rings. The fourth-order valence-corrected chi connectivity index (χ4v) is 0.925. The third-order valence-electron chi connectivity index (χ3n) is 1.80. The minimum Gasteiger partial charge on any atom is -0.384 e. The SMILES string of the molecule is CC.Cc1cc(N)nc(C)c1C. The van der Waals surface area contributed by atoms with E-state index in [4.69, 9.17) is 5.73 Å². The van der Waals surface area contributed by atoms with Crippen molar-refractivity contribution < 1.29 is 0 Å². The lowest BCUT2D eigenvalue weighted by atomic mass is 10.1. The van der Waals surface area contributed by atoms with Gasteiger partial charge >= 0.3 is 0 Å². The summed E-state index contributed by atoms with van der Waals surface area (Å²) in [4.78, 5) is 4.11. The summed E-state index contributed by atoms with van der Waals surface area (Å²) in [7, 11) is 0. The van der Waals surface area contributed by atoms with Gasteiger partial charge < -0.3 is 5.73 Å². The molecule has 0 aliphatic carbocycles. The van der Waals surface area contributed by atoms with Crippen molar-refractivity contribution >= 4 is 5.82 Å². The van der Waals surface area contributed by atoms with Gasteiger partial charge in [0.15, 0.2) is 0 Å². The molecule has 1 aromatic heterocycles. The highest BCUT2D eigenvalue weighted by molar-refractivity contribution is 5.39. The number of nitrogens with two attached hydrogens (primary N) is 1. The fourth-order valence-electron chi connectivity index (χ4n) is 0.925. The van der Waals surface area contributed by atoms with Crippen molar-refractivity contribution in [3.05, 3.63) is 22.9 Å². The van der Waals surface area contributed by atoms with Crippen molar-refractivity contribution in [1.29, 1.82) is 0 Å². The molecule has 0 atom stereocenters. The van der Waals surface area contributed by atoms with Crippen LogP contribution in [0.1, 0.15) is 30.7 Å². The molecule has 0 spiro atoms. The van der Waals surface area contributed by atoms with Gasteiger partial charge in [0, 0.05) is 5.69 Å². The molecule has 0 amide bonds. The smallest absolute Gasteiger partial charge is 0.123 e. The number of aromatic nitrogens is 1. The standard InChI is InChI=1S/C8H12N2.C2H6/c1-5-4-8(9)10-7(3)6(5)2;1-2/h4H,1-3H3,(H2,9,10);1-2H3. The maximum atomic E-state index is 5.52. The minimum absolute atomic E-state index is 0.612. The van der Waals surface area contributed by atoms with Crippen molar-refractivity contribution in [2.45, 2.75) is 34.6 Å². The summed E-state index contributed by atoms with van der Waals surface area (Å²) < 4.78 is 0. The summed E-state index contributed by atoms with van der Waals surface area (Å²) in [5, 5.41) is 0. The van der Waals surface area contributed by atoms with Gasteiger partial charge in [0.1, 0.15) is 5.82 Å². The summed E-state index contributed by atoms with van der Waals surface area (Å²) in [6, 6.07) is 1.89. The van der Waals surface area contributed by atoms with Gasteiger partial charge in [-0.05, 0) is 38.0 Å². The highest BCUT2D eigenvalue weighted by Gasteiger charge is 1.98. The number of hydrogen-bond donors (Lipinski definition) is 1. The number of nitrogen functional groups attached to an aromatic ring is 1. The van der Waals surface area contributed by atoms with E-state index in [2.05, 4.69) is 11.9 Å². The van der Waals surface area contributed by atoms with E-state index < -0.39 is 0 Å². The highest BCUT2D eigenvalue weighted by Crippen LogP contribution is 2.11. The van der Waals surface area contributed by atoms with E-state index in [9.17, 15) is 0 Å². The molecule has 0 fully saturated rings. The summed E-state index contributed by atoms with van der Waals surface area (Å²) >= 11 is 0. The fraction of sp³-hybridized carbons (Fsp3) is 0.500. The van der Waals surface area contributed by atoms with Crippen molar-refractivity contribution in [3.8, 4) is 0 Å². The van der Waals surface area contributed by atoms with E-state index in [0.717, 1.165) is 5.69 Å². The minimum atomic E-state index is 0.612. The zero-order valence-corrected chi connectivity index (χ0v) is 8.60. The molecule has 12 heavy (non-hydrogen) atoms. The molecule has 0 unspecified atom stereocenters. The monoisotopic (exact) mass is 166 g/mol. The quantitative estimate of drug-likeness (QED) is 0.643. The molecule has 0 bridgehead atoms. The molecular formula is C10H18N2. The molecule has 68 valence electrons. The maximum Gasteiger partial charge on any atom is 0.123 e. The van der Waals surface area contributed by atoms with Crippen molar-refractivity contribution in [2.75, 3.05) is 5.73 Å². The normalized spacial score (nSPS) is 8.75. The van der Waals surface area contributed by atoms with E-state index in [0.29, 0.717) is 5.82 Å². The molecule has 1 rings (SSSR count). The Bertz CT molecular complexity index is 231. The molecule has 0 aromatic carbocycles. The van der Waals surface area contributed by atoms with Crippen molar-refractivity contribution in [3.63, 3.8) is 0 Å². The lowest BCUT2D eigenvalue weighted by Gasteiger charge is -2.03. The summed E-state index contributed by atoms with van der Waals surface area (Å²) in [5.41, 5.74) is 8.99. The molecule has 2 nitrogen and oxygen atoms in total. The first-order chi connectivity index (χ1) is 5.61. The molecular weight excluding hydrogens is 148 g/mol. The van der Waals surface area contributed by atoms with Crippen LogP contribution in [0.3, 0.4) is 0 Å². The van der Waals surface area contributed by atoms with E-state index >= 15 is 0 Å². The third kappa shape index (κ3) is 2.53. The number of anilines is 1. The van der Waals surface area contributed by atoms with E-state index in [1.807, 2.05) is 33.8 Å². The van der Waals surface area contributed by atoms with Crippen LogP contribution >= 0.6 is 0 Å². The Hall–Kier alpha value is -1.05. The third-order valence-corrected chi connectivity index (χ3v) is 1.80. The van der Waals surface area contributed by atoms with E-state index in [1.54, 1.807) is 0 Å². The molecule has 1 heterocycles. The summed E-state index contributed by atoms with van der Waals surface area (Å²) in [5.74, 6) is 0.612. The second-order valence-corrected chi connectivity index (χ2v) is 2.57. The molecule has 0 saturated carbocycles. The molecule has 1 aromatic rings. The van der Waals surface area contributed by atoms with E-state index in [-0.39, 0.29) is 0 Å². The van der Waals surface area contributed by atoms with Crippen LogP contribution in [-0.2, 0) is 0 Å². The molecule has 0 radical (unpaired) electrons. The topological polar surface area (TPSA) is 38.9 Å². The van der Waals surface area contributed by atoms with Crippen LogP contribution in [0.5, 0.6) is 0 Å². The van der Waals surface area contributed by atoms with Crippen LogP contribution in [0.2, 0.25) is 0 Å². The van der Waals surface area contributed by atoms with Crippen LogP contribution in [0.15, 0.2) is 6.07 Å². The van der Waals surface area contributed by atoms with Crippen LogP contribution < -0.4 is 5.73 Å². The Labute approximate surface area is 74.8 Å². The number of pyridine rings is 1. The first-order valence-corrected chi connectivity index (χ1v) is 4.31. The number of hydrogen-bond acceptors (Lipinski definition) is 2. The first kappa shape index (κ1) is 11.0. The second kappa shape index (κ2) is 4.75. The Balaban J connectivity index is 0.000000561. The maximum absolute atomic E-state index is 5.52. The number of aryl methyl sites for hydroxylation is 2. The van der Waals surface area contributed by atoms with Gasteiger partial charge in [-0.15, -0.1) is 0 Å². The number of rotatable bonds is 0. The highest BCUT2D eigenvalue weighted by atomic mass is 14.8. The van der Waals surface area contributed by atoms with Gasteiger partial charge in [-0.1, -0.05) is 13.8 Å². The van der Waals surface area contributed by atoms with Crippen LogP contribution in [0.4, 0.5) is 5.82 Å². The van der Waals surface area contributed by atoms with Crippen molar-refractivity contribution in [1.82, 2.24) is 4.98 Å². The first-order valence-electron chi connectivity index (χ1n) is 4.31. The van der Waals surface area contributed by atoms with Crippen LogP contribution in [0.25, 0.3) is 0 Å². The average Bonchev–Trinajstić information content (AvgIpc) is 2.04. The van der Waals surface area contributed by atoms with Crippen molar-refractivity contribution in [2.24, 2.45) is 0 Å². The zero-order valence-electron chi connectivity index (χ0n) is 8.60. The molecule has 0 aliphatic heterocycles. The van der Waals surface area contributed by atoms with Gasteiger partial charge in [0.05, 0.1) is 0 Å². The molecule has 2 heteroatoms. The lowest BCUT2D eigenvalue weighted by molar-refractivity contribution is 1.13. The molecule has 0 saturated heterocycles. The predicted molar refractivity (Wildman–Crippen MR) is 54.2 cm³/mol. The second-order valence-electron chi connectivity index (χ2n) is 2.57. The summed E-state index contributed by atoms with van der Waals surface area (Å²) in [6.45, 7) is 10.1. The van der Waals surface area contributed by atoms with E-state index in [1.165, 1.54) is 11.1 Å².